The van der Waals surface area contributed by atoms with Crippen LogP contribution in [0.3, 0.4) is 0 Å². The van der Waals surface area contributed by atoms with Gasteiger partial charge in [-0.25, -0.2) is 0 Å². The fourth-order valence-corrected chi connectivity index (χ4v) is 5.26. The molecule has 9 nitrogen and oxygen atoms in total. The molecule has 0 spiro atoms. The van der Waals surface area contributed by atoms with Gasteiger partial charge in [0.2, 0.25) is 5.91 Å². The van der Waals surface area contributed by atoms with Crippen LogP contribution in [-0.4, -0.2) is 52.4 Å². The predicted molar refractivity (Wildman–Crippen MR) is 160 cm³/mol. The van der Waals surface area contributed by atoms with Gasteiger partial charge in [0.25, 0.3) is 5.91 Å². The number of anilines is 1. The predicted octanol–water partition coefficient (Wildman–Crippen LogP) is 4.86. The van der Waals surface area contributed by atoms with E-state index in [4.69, 9.17) is 9.84 Å². The highest BCUT2D eigenvalue weighted by Gasteiger charge is 2.24. The van der Waals surface area contributed by atoms with Gasteiger partial charge >= 0.3 is 5.97 Å². The summed E-state index contributed by atoms with van der Waals surface area (Å²) in [6.45, 7) is 3.22. The summed E-state index contributed by atoms with van der Waals surface area (Å²) in [5, 5.41) is 15.7. The molecule has 2 N–H and O–H groups in total. The minimum Gasteiger partial charge on any atom is -0.493 e. The summed E-state index contributed by atoms with van der Waals surface area (Å²) in [5.74, 6) is -0.575. The Kier molecular flexibility index (Phi) is 8.96. The third kappa shape index (κ3) is 6.86. The number of hydrogen-bond donors (Lipinski definition) is 2. The molecule has 0 saturated heterocycles. The quantitative estimate of drug-likeness (QED) is 0.251. The van der Waals surface area contributed by atoms with Crippen LogP contribution in [0.4, 0.5) is 5.69 Å². The van der Waals surface area contributed by atoms with Crippen molar-refractivity contribution in [3.05, 3.63) is 101 Å². The molecule has 0 atom stereocenters. The van der Waals surface area contributed by atoms with Gasteiger partial charge in [-0.05, 0) is 72.7 Å². The Hall–Kier alpha value is -4.92. The molecule has 9 heteroatoms. The van der Waals surface area contributed by atoms with Crippen LogP contribution in [0.2, 0.25) is 0 Å². The Bertz CT molecular complexity index is 1590. The van der Waals surface area contributed by atoms with E-state index in [0.29, 0.717) is 38.1 Å². The Labute approximate surface area is 244 Å². The van der Waals surface area contributed by atoms with E-state index < -0.39 is 18.4 Å². The number of nitrogens with one attached hydrogen (secondary N) is 1. The second-order valence-electron chi connectivity index (χ2n) is 10.4. The Morgan fingerprint density at radius 1 is 1.05 bits per heavy atom. The molecular formula is C33H34N4O5. The Morgan fingerprint density at radius 3 is 2.71 bits per heavy atom. The van der Waals surface area contributed by atoms with Gasteiger partial charge in [-0.3, -0.25) is 19.1 Å². The van der Waals surface area contributed by atoms with Crippen molar-refractivity contribution >= 4 is 23.5 Å². The molecule has 42 heavy (non-hydrogen) atoms. The van der Waals surface area contributed by atoms with Gasteiger partial charge in [-0.2, -0.15) is 5.10 Å². The van der Waals surface area contributed by atoms with Crippen LogP contribution in [0.5, 0.6) is 5.75 Å². The van der Waals surface area contributed by atoms with Gasteiger partial charge in [0.1, 0.15) is 12.3 Å². The van der Waals surface area contributed by atoms with Crippen molar-refractivity contribution in [1.29, 1.82) is 0 Å². The molecule has 3 aromatic carbocycles. The summed E-state index contributed by atoms with van der Waals surface area (Å²) in [6.07, 6.45) is 6.62. The van der Waals surface area contributed by atoms with E-state index in [9.17, 15) is 14.4 Å². The summed E-state index contributed by atoms with van der Waals surface area (Å²) in [6, 6.07) is 21.0. The van der Waals surface area contributed by atoms with E-state index in [1.807, 2.05) is 71.4 Å². The summed E-state index contributed by atoms with van der Waals surface area (Å²) >= 11 is 0. The smallest absolute Gasteiger partial charge is 0.322 e. The molecule has 0 saturated carbocycles. The number of ether oxygens (including phenoxy) is 1. The number of benzene rings is 3. The highest BCUT2D eigenvalue weighted by atomic mass is 16.5. The number of aliphatic carboxylic acids is 1. The number of carbonyl (C=O) groups is 3. The molecule has 0 unspecified atom stereocenters. The maximum atomic E-state index is 13.2. The number of carboxylic acids is 1. The molecular weight excluding hydrogens is 532 g/mol. The molecule has 0 radical (unpaired) electrons. The first kappa shape index (κ1) is 28.6. The maximum Gasteiger partial charge on any atom is 0.322 e. The summed E-state index contributed by atoms with van der Waals surface area (Å²) in [7, 11) is 0. The molecule has 216 valence electrons. The first-order valence-electron chi connectivity index (χ1n) is 14.1. The number of carbonyl (C=O) groups excluding carboxylic acids is 2. The Morgan fingerprint density at radius 2 is 1.88 bits per heavy atom. The van der Waals surface area contributed by atoms with Crippen LogP contribution < -0.4 is 15.0 Å². The SMILES string of the molecule is Cc1ccccc1OCCCC(=O)N1CCCc2c(-c3cnn(Cc4cccc(C(=O)NCC(=O)O)c4)c3)cccc21. The number of aryl methyl sites for hydroxylation is 1. The monoisotopic (exact) mass is 566 g/mol. The lowest BCUT2D eigenvalue weighted by Gasteiger charge is -2.31. The van der Waals surface area contributed by atoms with E-state index in [-0.39, 0.29) is 5.91 Å². The average Bonchev–Trinajstić information content (AvgIpc) is 3.46. The number of nitrogens with zero attached hydrogens (tertiary/aromatic N) is 3. The minimum atomic E-state index is -1.09. The third-order valence-electron chi connectivity index (χ3n) is 7.32. The fraction of sp³-hybridized carbons (Fsp3) is 0.273. The van der Waals surface area contributed by atoms with Gasteiger partial charge in [0.15, 0.2) is 0 Å². The van der Waals surface area contributed by atoms with Crippen molar-refractivity contribution in [2.24, 2.45) is 0 Å². The molecule has 2 amide bonds. The number of aromatic nitrogens is 2. The fourth-order valence-electron chi connectivity index (χ4n) is 5.26. The zero-order valence-corrected chi connectivity index (χ0v) is 23.6. The zero-order valence-electron chi connectivity index (χ0n) is 23.6. The second-order valence-corrected chi connectivity index (χ2v) is 10.4. The molecule has 0 fully saturated rings. The number of amides is 2. The number of carboxylic acid groups (broad SMARTS) is 1. The molecule has 1 aliphatic rings. The van der Waals surface area contributed by atoms with Crippen LogP contribution >= 0.6 is 0 Å². The molecule has 2 heterocycles. The van der Waals surface area contributed by atoms with Gasteiger partial charge in [-0.15, -0.1) is 0 Å². The van der Waals surface area contributed by atoms with Crippen molar-refractivity contribution < 1.29 is 24.2 Å². The summed E-state index contributed by atoms with van der Waals surface area (Å²) < 4.78 is 7.69. The number of para-hydroxylation sites is 1. The van der Waals surface area contributed by atoms with E-state index in [0.717, 1.165) is 52.1 Å². The molecule has 1 aliphatic heterocycles. The lowest BCUT2D eigenvalue weighted by molar-refractivity contribution is -0.135. The maximum absolute atomic E-state index is 13.2. The van der Waals surface area contributed by atoms with E-state index in [2.05, 4.69) is 16.5 Å². The highest BCUT2D eigenvalue weighted by molar-refractivity contribution is 5.96. The lowest BCUT2D eigenvalue weighted by atomic mass is 9.93. The van der Waals surface area contributed by atoms with E-state index >= 15 is 0 Å². The van der Waals surface area contributed by atoms with Crippen LogP contribution in [0.1, 0.15) is 46.3 Å². The van der Waals surface area contributed by atoms with Gasteiger partial charge in [0, 0.05) is 36.0 Å². The topological polar surface area (TPSA) is 114 Å². The van der Waals surface area contributed by atoms with E-state index in [1.165, 1.54) is 0 Å². The Balaban J connectivity index is 1.24. The van der Waals surface area contributed by atoms with Crippen molar-refractivity contribution in [3.63, 3.8) is 0 Å². The van der Waals surface area contributed by atoms with Crippen molar-refractivity contribution in [2.75, 3.05) is 24.6 Å². The first-order valence-corrected chi connectivity index (χ1v) is 14.1. The van der Waals surface area contributed by atoms with Crippen molar-refractivity contribution in [3.8, 4) is 16.9 Å². The van der Waals surface area contributed by atoms with Crippen LogP contribution in [0.25, 0.3) is 11.1 Å². The van der Waals surface area contributed by atoms with Crippen molar-refractivity contribution in [2.45, 2.75) is 39.2 Å². The average molecular weight is 567 g/mol. The van der Waals surface area contributed by atoms with Gasteiger partial charge in [-0.1, -0.05) is 42.5 Å². The molecule has 0 aliphatic carbocycles. The largest absolute Gasteiger partial charge is 0.493 e. The summed E-state index contributed by atoms with van der Waals surface area (Å²) in [4.78, 5) is 38.2. The van der Waals surface area contributed by atoms with Crippen molar-refractivity contribution in [1.82, 2.24) is 15.1 Å². The van der Waals surface area contributed by atoms with Crippen LogP contribution in [0.15, 0.2) is 79.1 Å². The lowest BCUT2D eigenvalue weighted by Crippen LogP contribution is -2.35. The molecule has 1 aromatic heterocycles. The standard InChI is InChI=1S/C33H34N4O5/c1-23-8-2-3-14-30(23)42-17-7-15-31(38)37-16-6-12-28-27(11-5-13-29(28)37)26-19-35-36(22-26)21-24-9-4-10-25(18-24)33(41)34-20-32(39)40/h2-5,8-11,13-14,18-19,22H,6-7,12,15-17,20-21H2,1H3,(H,34,41)(H,39,40). The number of rotatable bonds is 11. The molecule has 4 aromatic rings. The van der Waals surface area contributed by atoms with Gasteiger partial charge in [0.05, 0.1) is 19.3 Å². The van der Waals surface area contributed by atoms with Crippen LogP contribution in [-0.2, 0) is 22.6 Å². The summed E-state index contributed by atoms with van der Waals surface area (Å²) in [5.41, 5.74) is 6.46. The number of hydrogen-bond acceptors (Lipinski definition) is 5. The molecule has 0 bridgehead atoms. The highest BCUT2D eigenvalue weighted by Crippen LogP contribution is 2.36. The normalized spacial score (nSPS) is 12.5. The second kappa shape index (κ2) is 13.2. The first-order chi connectivity index (χ1) is 20.4. The third-order valence-corrected chi connectivity index (χ3v) is 7.32. The zero-order chi connectivity index (χ0) is 29.5. The van der Waals surface area contributed by atoms with Crippen LogP contribution in [0, 0.1) is 6.92 Å². The molecule has 5 rings (SSSR count). The van der Waals surface area contributed by atoms with Gasteiger partial charge < -0.3 is 20.1 Å². The minimum absolute atomic E-state index is 0.101. The van der Waals surface area contributed by atoms with E-state index in [1.54, 1.807) is 18.2 Å². The number of fused-ring (bicyclic) bond motifs is 1.